The maximum atomic E-state index is 13.1. The number of carbonyl (C=O) groups is 1. The Morgan fingerprint density at radius 1 is 1.32 bits per heavy atom. The van der Waals surface area contributed by atoms with Crippen molar-refractivity contribution < 1.29 is 13.6 Å². The first-order chi connectivity index (χ1) is 8.97. The summed E-state index contributed by atoms with van der Waals surface area (Å²) in [6, 6.07) is 5.09. The van der Waals surface area contributed by atoms with Crippen LogP contribution in [-0.4, -0.2) is 10.9 Å². The van der Waals surface area contributed by atoms with Gasteiger partial charge in [0.05, 0.1) is 11.8 Å². The van der Waals surface area contributed by atoms with Gasteiger partial charge in [-0.2, -0.15) is 0 Å². The van der Waals surface area contributed by atoms with Crippen molar-refractivity contribution in [3.05, 3.63) is 58.4 Å². The van der Waals surface area contributed by atoms with Crippen LogP contribution in [0.1, 0.15) is 15.9 Å². The number of aromatic nitrogens is 1. The van der Waals surface area contributed by atoms with Gasteiger partial charge in [-0.05, 0) is 36.8 Å². The summed E-state index contributed by atoms with van der Waals surface area (Å²) in [5, 5.41) is 2.40. The first-order valence-corrected chi connectivity index (χ1v) is 5.73. The summed E-state index contributed by atoms with van der Waals surface area (Å²) in [7, 11) is 0. The van der Waals surface area contributed by atoms with Crippen molar-refractivity contribution in [1.29, 1.82) is 0 Å². The molecule has 1 aromatic carbocycles. The second-order valence-electron chi connectivity index (χ2n) is 3.91. The Morgan fingerprint density at radius 2 is 2.05 bits per heavy atom. The highest BCUT2D eigenvalue weighted by atomic mass is 35.5. The number of aryl methyl sites for hydroxylation is 1. The van der Waals surface area contributed by atoms with E-state index < -0.39 is 11.7 Å². The van der Waals surface area contributed by atoms with Gasteiger partial charge in [-0.1, -0.05) is 11.6 Å². The number of hydrogen-bond donors (Lipinski definition) is 1. The number of nitrogens with one attached hydrogen (secondary N) is 1. The number of halogens is 3. The average Bonchev–Trinajstić information content (AvgIpc) is 2.36. The maximum Gasteiger partial charge on any atom is 0.258 e. The smallest absolute Gasteiger partial charge is 0.258 e. The van der Waals surface area contributed by atoms with Gasteiger partial charge in [-0.15, -0.1) is 0 Å². The molecule has 0 saturated heterocycles. The molecule has 0 unspecified atom stereocenters. The highest BCUT2D eigenvalue weighted by molar-refractivity contribution is 6.33. The second kappa shape index (κ2) is 5.32. The van der Waals surface area contributed by atoms with Crippen LogP contribution in [-0.2, 0) is 0 Å². The lowest BCUT2D eigenvalue weighted by Gasteiger charge is -2.07. The van der Waals surface area contributed by atoms with Crippen LogP contribution >= 0.6 is 11.6 Å². The molecule has 0 atom stereocenters. The molecule has 0 spiro atoms. The van der Waals surface area contributed by atoms with E-state index in [0.29, 0.717) is 11.3 Å². The molecule has 0 radical (unpaired) electrons. The molecular formula is C13H9ClF2N2O. The molecular weight excluding hydrogens is 274 g/mol. The van der Waals surface area contributed by atoms with E-state index in [1.807, 2.05) is 0 Å². The van der Waals surface area contributed by atoms with E-state index in [4.69, 9.17) is 11.6 Å². The third kappa shape index (κ3) is 3.06. The van der Waals surface area contributed by atoms with Crippen molar-refractivity contribution in [3.8, 4) is 0 Å². The van der Waals surface area contributed by atoms with Gasteiger partial charge in [0.15, 0.2) is 0 Å². The summed E-state index contributed by atoms with van der Waals surface area (Å²) >= 11 is 5.72. The third-order valence-corrected chi connectivity index (χ3v) is 2.77. The Morgan fingerprint density at radius 3 is 2.74 bits per heavy atom. The topological polar surface area (TPSA) is 42.0 Å². The summed E-state index contributed by atoms with van der Waals surface area (Å²) in [5.74, 6) is -1.64. The quantitative estimate of drug-likeness (QED) is 0.856. The Kier molecular flexibility index (Phi) is 3.76. The van der Waals surface area contributed by atoms with Gasteiger partial charge in [-0.25, -0.2) is 13.8 Å². The van der Waals surface area contributed by atoms with Crippen molar-refractivity contribution in [3.63, 3.8) is 0 Å². The normalized spacial score (nSPS) is 10.3. The number of benzene rings is 1. The van der Waals surface area contributed by atoms with E-state index in [1.165, 1.54) is 18.2 Å². The highest BCUT2D eigenvalue weighted by Crippen LogP contribution is 2.18. The molecule has 0 fully saturated rings. The van der Waals surface area contributed by atoms with Crippen LogP contribution in [0.2, 0.25) is 5.15 Å². The SMILES string of the molecule is Cc1cc(NC(=O)c2cc(F)cnc2Cl)ccc1F. The lowest BCUT2D eigenvalue weighted by Crippen LogP contribution is -2.13. The van der Waals surface area contributed by atoms with Gasteiger partial charge >= 0.3 is 0 Å². The van der Waals surface area contributed by atoms with E-state index in [-0.39, 0.29) is 16.5 Å². The Labute approximate surface area is 113 Å². The fraction of sp³-hybridized carbons (Fsp3) is 0.0769. The standard InChI is InChI=1S/C13H9ClF2N2O/c1-7-4-9(2-3-11(7)16)18-13(19)10-5-8(15)6-17-12(10)14/h2-6H,1H3,(H,18,19). The van der Waals surface area contributed by atoms with Crippen LogP contribution in [0.5, 0.6) is 0 Å². The van der Waals surface area contributed by atoms with Crippen molar-refractivity contribution in [2.75, 3.05) is 5.32 Å². The highest BCUT2D eigenvalue weighted by Gasteiger charge is 2.13. The molecule has 1 aromatic heterocycles. The van der Waals surface area contributed by atoms with Crippen LogP contribution in [0.4, 0.5) is 14.5 Å². The number of carbonyl (C=O) groups excluding carboxylic acids is 1. The summed E-state index contributed by atoms with van der Waals surface area (Å²) in [5.41, 5.74) is 0.703. The van der Waals surface area contributed by atoms with Crippen LogP contribution in [0.25, 0.3) is 0 Å². The predicted molar refractivity (Wildman–Crippen MR) is 68.3 cm³/mol. The Hall–Kier alpha value is -2.01. The lowest BCUT2D eigenvalue weighted by molar-refractivity contribution is 0.102. The zero-order chi connectivity index (χ0) is 14.0. The molecule has 6 heteroatoms. The third-order valence-electron chi connectivity index (χ3n) is 2.47. The molecule has 1 heterocycles. The molecule has 3 nitrogen and oxygen atoms in total. The van der Waals surface area contributed by atoms with Gasteiger partial charge in [0.25, 0.3) is 5.91 Å². The lowest BCUT2D eigenvalue weighted by atomic mass is 10.2. The summed E-state index contributed by atoms with van der Waals surface area (Å²) in [4.78, 5) is 15.4. The van der Waals surface area contributed by atoms with Gasteiger partial charge in [-0.3, -0.25) is 4.79 Å². The van der Waals surface area contributed by atoms with E-state index in [9.17, 15) is 13.6 Å². The van der Waals surface area contributed by atoms with Crippen LogP contribution < -0.4 is 5.32 Å². The molecule has 0 aliphatic rings. The number of hydrogen-bond acceptors (Lipinski definition) is 2. The average molecular weight is 283 g/mol. The summed E-state index contributed by atoms with van der Waals surface area (Å²) in [6.45, 7) is 1.57. The van der Waals surface area contributed by atoms with E-state index in [1.54, 1.807) is 6.92 Å². The van der Waals surface area contributed by atoms with Crippen LogP contribution in [0, 0.1) is 18.6 Å². The minimum absolute atomic E-state index is 0.0800. The fourth-order valence-electron chi connectivity index (χ4n) is 1.50. The first-order valence-electron chi connectivity index (χ1n) is 5.36. The monoisotopic (exact) mass is 282 g/mol. The van der Waals surface area contributed by atoms with Crippen molar-refractivity contribution in [1.82, 2.24) is 4.98 Å². The van der Waals surface area contributed by atoms with E-state index in [2.05, 4.69) is 10.3 Å². The molecule has 2 aromatic rings. The minimum Gasteiger partial charge on any atom is -0.322 e. The molecule has 0 aliphatic heterocycles. The second-order valence-corrected chi connectivity index (χ2v) is 4.27. The number of pyridine rings is 1. The Balaban J connectivity index is 2.25. The van der Waals surface area contributed by atoms with Gasteiger partial charge < -0.3 is 5.32 Å². The molecule has 19 heavy (non-hydrogen) atoms. The van der Waals surface area contributed by atoms with Crippen molar-refractivity contribution in [2.24, 2.45) is 0 Å². The molecule has 1 N–H and O–H groups in total. The summed E-state index contributed by atoms with van der Waals surface area (Å²) < 4.78 is 26.1. The zero-order valence-corrected chi connectivity index (χ0v) is 10.6. The molecule has 1 amide bonds. The number of amides is 1. The van der Waals surface area contributed by atoms with Crippen molar-refractivity contribution >= 4 is 23.2 Å². The Bertz CT molecular complexity index is 647. The minimum atomic E-state index is -0.662. The zero-order valence-electron chi connectivity index (χ0n) is 9.88. The summed E-state index contributed by atoms with van der Waals surface area (Å²) in [6.07, 6.45) is 0.918. The number of anilines is 1. The predicted octanol–water partition coefficient (Wildman–Crippen LogP) is 3.57. The van der Waals surface area contributed by atoms with Crippen molar-refractivity contribution in [2.45, 2.75) is 6.92 Å². The van der Waals surface area contributed by atoms with Gasteiger partial charge in [0, 0.05) is 5.69 Å². The first kappa shape index (κ1) is 13.4. The maximum absolute atomic E-state index is 13.1. The number of rotatable bonds is 2. The van der Waals surface area contributed by atoms with E-state index >= 15 is 0 Å². The number of nitrogens with zero attached hydrogens (tertiary/aromatic N) is 1. The van der Waals surface area contributed by atoms with Crippen LogP contribution in [0.15, 0.2) is 30.5 Å². The largest absolute Gasteiger partial charge is 0.322 e. The molecule has 0 aliphatic carbocycles. The van der Waals surface area contributed by atoms with Gasteiger partial charge in [0.1, 0.15) is 16.8 Å². The fourth-order valence-corrected chi connectivity index (χ4v) is 1.69. The molecule has 2 rings (SSSR count). The molecule has 0 saturated carbocycles. The van der Waals surface area contributed by atoms with Gasteiger partial charge in [0.2, 0.25) is 0 Å². The molecule has 0 bridgehead atoms. The van der Waals surface area contributed by atoms with E-state index in [0.717, 1.165) is 12.3 Å². The molecule has 98 valence electrons. The van der Waals surface area contributed by atoms with Crippen LogP contribution in [0.3, 0.4) is 0 Å².